The number of aromatic nitrogens is 2. The predicted molar refractivity (Wildman–Crippen MR) is 87.9 cm³/mol. The second-order valence-electron chi connectivity index (χ2n) is 3.99. The van der Waals surface area contributed by atoms with Gasteiger partial charge in [0.05, 0.1) is 6.61 Å². The normalized spacial score (nSPS) is 10.3. The summed E-state index contributed by atoms with van der Waals surface area (Å²) >= 11 is 3.67. The number of carbonyl (C=O) groups is 1. The van der Waals surface area contributed by atoms with Gasteiger partial charge in [-0.2, -0.15) is 0 Å². The Morgan fingerprint density at radius 1 is 1.45 bits per heavy atom. The molecule has 0 saturated heterocycles. The molecule has 20 heavy (non-hydrogen) atoms. The topological polar surface area (TPSA) is 64.1 Å². The van der Waals surface area contributed by atoms with Crippen LogP contribution in [0.4, 0.5) is 10.6 Å². The first kappa shape index (κ1) is 15.2. The van der Waals surface area contributed by atoms with Gasteiger partial charge < -0.3 is 4.74 Å². The van der Waals surface area contributed by atoms with E-state index in [1.54, 1.807) is 12.4 Å². The fourth-order valence-corrected chi connectivity index (χ4v) is 3.07. The van der Waals surface area contributed by atoms with E-state index in [-0.39, 0.29) is 0 Å². The predicted octanol–water partition coefficient (Wildman–Crippen LogP) is 4.16. The number of carbonyl (C=O) groups excluding carboxylic acids is 1. The Morgan fingerprint density at radius 2 is 2.20 bits per heavy atom. The SMILES string of the molecule is CCCCOC(=O)Nc1nc(-c2ccncc2)sc1I. The highest BCUT2D eigenvalue weighted by molar-refractivity contribution is 14.1. The van der Waals surface area contributed by atoms with Crippen LogP contribution >= 0.6 is 33.9 Å². The molecule has 0 aromatic carbocycles. The summed E-state index contributed by atoms with van der Waals surface area (Å²) in [6.07, 6.45) is 4.84. The number of ether oxygens (including phenoxy) is 1. The second-order valence-corrected chi connectivity index (χ2v) is 6.80. The standard InChI is InChI=1S/C13H14IN3O2S/c1-2-3-8-19-13(18)17-11-10(14)20-12(16-11)9-4-6-15-7-5-9/h4-7H,2-3,8H2,1H3,(H,17,18). The van der Waals surface area contributed by atoms with Crippen LogP contribution in [-0.4, -0.2) is 22.7 Å². The van der Waals surface area contributed by atoms with Gasteiger partial charge in [0.25, 0.3) is 0 Å². The third-order valence-electron chi connectivity index (χ3n) is 2.46. The minimum absolute atomic E-state index is 0.431. The Balaban J connectivity index is 2.03. The molecule has 2 aromatic rings. The van der Waals surface area contributed by atoms with Crippen molar-refractivity contribution in [3.05, 3.63) is 27.4 Å². The number of nitrogens with one attached hydrogen (secondary N) is 1. The highest BCUT2D eigenvalue weighted by atomic mass is 127. The van der Waals surface area contributed by atoms with Crippen LogP contribution < -0.4 is 5.32 Å². The first-order valence-corrected chi connectivity index (χ1v) is 8.10. The van der Waals surface area contributed by atoms with E-state index < -0.39 is 6.09 Å². The number of pyridine rings is 1. The quantitative estimate of drug-likeness (QED) is 0.602. The lowest BCUT2D eigenvalue weighted by Crippen LogP contribution is -2.15. The van der Waals surface area contributed by atoms with Crippen LogP contribution in [0.1, 0.15) is 19.8 Å². The minimum Gasteiger partial charge on any atom is -0.449 e. The lowest BCUT2D eigenvalue weighted by molar-refractivity contribution is 0.160. The number of rotatable bonds is 5. The third-order valence-corrected chi connectivity index (χ3v) is 4.53. The zero-order valence-corrected chi connectivity index (χ0v) is 13.9. The van der Waals surface area contributed by atoms with E-state index in [2.05, 4.69) is 37.9 Å². The number of hydrogen-bond donors (Lipinski definition) is 1. The maximum atomic E-state index is 11.6. The van der Waals surface area contributed by atoms with E-state index >= 15 is 0 Å². The molecule has 0 radical (unpaired) electrons. The molecule has 0 spiro atoms. The monoisotopic (exact) mass is 403 g/mol. The Hall–Kier alpha value is -1.22. The van der Waals surface area contributed by atoms with Crippen LogP contribution in [0, 0.1) is 2.88 Å². The molecule has 1 amide bonds. The molecule has 2 heterocycles. The zero-order valence-electron chi connectivity index (χ0n) is 10.9. The van der Waals surface area contributed by atoms with Crippen LogP contribution in [0.3, 0.4) is 0 Å². The van der Waals surface area contributed by atoms with Crippen molar-refractivity contribution in [3.63, 3.8) is 0 Å². The van der Waals surface area contributed by atoms with Crippen LogP contribution in [0.2, 0.25) is 0 Å². The maximum absolute atomic E-state index is 11.6. The van der Waals surface area contributed by atoms with E-state index in [0.29, 0.717) is 12.4 Å². The van der Waals surface area contributed by atoms with Crippen LogP contribution in [0.25, 0.3) is 10.6 Å². The number of nitrogens with zero attached hydrogens (tertiary/aromatic N) is 2. The van der Waals surface area contributed by atoms with Crippen molar-refractivity contribution >= 4 is 45.8 Å². The van der Waals surface area contributed by atoms with Crippen molar-refractivity contribution in [1.29, 1.82) is 0 Å². The van der Waals surface area contributed by atoms with E-state index in [1.807, 2.05) is 19.1 Å². The molecule has 1 N–H and O–H groups in total. The number of amides is 1. The molecule has 0 aliphatic carbocycles. The summed E-state index contributed by atoms with van der Waals surface area (Å²) in [7, 11) is 0. The summed E-state index contributed by atoms with van der Waals surface area (Å²) in [6.45, 7) is 2.48. The molecule has 0 aliphatic heterocycles. The molecular formula is C13H14IN3O2S. The number of thiazole rings is 1. The van der Waals surface area contributed by atoms with Gasteiger partial charge in [-0.05, 0) is 41.1 Å². The molecule has 0 bridgehead atoms. The van der Waals surface area contributed by atoms with Gasteiger partial charge in [0.1, 0.15) is 7.89 Å². The molecule has 5 nitrogen and oxygen atoms in total. The van der Waals surface area contributed by atoms with Crippen molar-refractivity contribution in [1.82, 2.24) is 9.97 Å². The summed E-state index contributed by atoms with van der Waals surface area (Å²) in [5.41, 5.74) is 0.982. The van der Waals surface area contributed by atoms with E-state index in [9.17, 15) is 4.79 Å². The largest absolute Gasteiger partial charge is 0.449 e. The summed E-state index contributed by atoms with van der Waals surface area (Å²) in [6, 6.07) is 3.77. The molecule has 0 aliphatic rings. The minimum atomic E-state index is -0.456. The summed E-state index contributed by atoms with van der Waals surface area (Å²) in [5.74, 6) is 0.545. The van der Waals surface area contributed by atoms with E-state index in [0.717, 1.165) is 26.3 Å². The van der Waals surface area contributed by atoms with Gasteiger partial charge in [-0.1, -0.05) is 13.3 Å². The Morgan fingerprint density at radius 3 is 2.90 bits per heavy atom. The third kappa shape index (κ3) is 4.14. The van der Waals surface area contributed by atoms with Crippen molar-refractivity contribution in [2.75, 3.05) is 11.9 Å². The van der Waals surface area contributed by atoms with Crippen LogP contribution in [-0.2, 0) is 4.74 Å². The number of anilines is 1. The molecule has 0 atom stereocenters. The number of unbranched alkanes of at least 4 members (excludes halogenated alkanes) is 1. The van der Waals surface area contributed by atoms with Crippen molar-refractivity contribution in [2.24, 2.45) is 0 Å². The van der Waals surface area contributed by atoms with Gasteiger partial charge in [0.2, 0.25) is 0 Å². The lowest BCUT2D eigenvalue weighted by Gasteiger charge is -2.04. The zero-order chi connectivity index (χ0) is 14.4. The molecule has 0 unspecified atom stereocenters. The fraction of sp³-hybridized carbons (Fsp3) is 0.308. The molecule has 0 fully saturated rings. The molecule has 2 rings (SSSR count). The van der Waals surface area contributed by atoms with E-state index in [4.69, 9.17) is 4.74 Å². The highest BCUT2D eigenvalue weighted by Gasteiger charge is 2.13. The summed E-state index contributed by atoms with van der Waals surface area (Å²) in [5, 5.41) is 3.52. The smallest absolute Gasteiger partial charge is 0.412 e. The van der Waals surface area contributed by atoms with Gasteiger partial charge in [-0.3, -0.25) is 10.3 Å². The van der Waals surface area contributed by atoms with Crippen molar-refractivity contribution < 1.29 is 9.53 Å². The van der Waals surface area contributed by atoms with Crippen LogP contribution in [0.15, 0.2) is 24.5 Å². The maximum Gasteiger partial charge on any atom is 0.412 e. The molecular weight excluding hydrogens is 389 g/mol. The number of halogens is 1. The Kier molecular flexibility index (Phi) is 5.72. The van der Waals surface area contributed by atoms with Crippen molar-refractivity contribution in [2.45, 2.75) is 19.8 Å². The number of hydrogen-bond acceptors (Lipinski definition) is 5. The first-order chi connectivity index (χ1) is 9.70. The summed E-state index contributed by atoms with van der Waals surface area (Å²) in [4.78, 5) is 20.0. The van der Waals surface area contributed by atoms with Crippen molar-refractivity contribution in [3.8, 4) is 10.6 Å². The van der Waals surface area contributed by atoms with Gasteiger partial charge in [-0.25, -0.2) is 9.78 Å². The van der Waals surface area contributed by atoms with Gasteiger partial charge in [0, 0.05) is 18.0 Å². The first-order valence-electron chi connectivity index (χ1n) is 6.21. The highest BCUT2D eigenvalue weighted by Crippen LogP contribution is 2.31. The van der Waals surface area contributed by atoms with E-state index in [1.165, 1.54) is 11.3 Å². The second kappa shape index (κ2) is 7.53. The summed E-state index contributed by atoms with van der Waals surface area (Å²) < 4.78 is 5.98. The van der Waals surface area contributed by atoms with Crippen LogP contribution in [0.5, 0.6) is 0 Å². The molecule has 7 heteroatoms. The molecule has 0 saturated carbocycles. The average Bonchev–Trinajstić information content (AvgIpc) is 2.81. The van der Waals surface area contributed by atoms with Gasteiger partial charge in [0.15, 0.2) is 5.82 Å². The average molecular weight is 403 g/mol. The van der Waals surface area contributed by atoms with Gasteiger partial charge in [-0.15, -0.1) is 11.3 Å². The molecule has 106 valence electrons. The lowest BCUT2D eigenvalue weighted by atomic mass is 10.3. The molecule has 2 aromatic heterocycles. The Labute approximate surface area is 134 Å². The fourth-order valence-electron chi connectivity index (χ4n) is 1.44. The van der Waals surface area contributed by atoms with Gasteiger partial charge >= 0.3 is 6.09 Å². The Bertz CT molecular complexity index is 574.